The second-order valence-corrected chi connectivity index (χ2v) is 7.15. The van der Waals surface area contributed by atoms with Crippen molar-refractivity contribution >= 4 is 17.5 Å². The maximum absolute atomic E-state index is 12.7. The summed E-state index contributed by atoms with van der Waals surface area (Å²) >= 11 is 0. The third-order valence-electron chi connectivity index (χ3n) is 4.99. The van der Waals surface area contributed by atoms with E-state index in [1.165, 1.54) is 0 Å². The van der Waals surface area contributed by atoms with Gasteiger partial charge in [-0.3, -0.25) is 9.59 Å². The molecule has 1 fully saturated rings. The monoisotopic (exact) mass is 350 g/mol. The predicted molar refractivity (Wildman–Crippen MR) is 104 cm³/mol. The number of aryl methyl sites for hydroxylation is 2. The highest BCUT2D eigenvalue weighted by Gasteiger charge is 2.28. The predicted octanol–water partition coefficient (Wildman–Crippen LogP) is 3.72. The Bertz CT molecular complexity index is 786. The van der Waals surface area contributed by atoms with Crippen LogP contribution in [0.1, 0.15) is 29.5 Å². The topological polar surface area (TPSA) is 49.4 Å². The Kier molecular flexibility index (Phi) is 5.71. The summed E-state index contributed by atoms with van der Waals surface area (Å²) in [6, 6.07) is 15.8. The van der Waals surface area contributed by atoms with Crippen molar-refractivity contribution in [1.82, 2.24) is 4.90 Å². The highest BCUT2D eigenvalue weighted by Crippen LogP contribution is 2.22. The fraction of sp³-hybridized carbons (Fsp3) is 0.364. The van der Waals surface area contributed by atoms with Crippen molar-refractivity contribution < 1.29 is 9.59 Å². The number of hydrogen-bond acceptors (Lipinski definition) is 2. The van der Waals surface area contributed by atoms with Gasteiger partial charge in [0.2, 0.25) is 11.8 Å². The zero-order valence-electron chi connectivity index (χ0n) is 15.5. The maximum Gasteiger partial charge on any atom is 0.229 e. The standard InChI is InChI=1S/C22H26N2O2/c1-16-10-11-17(2)20(13-16)23-22(26)19-9-6-12-24(15-19)21(25)14-18-7-4-3-5-8-18/h3-5,7-8,10-11,13,19H,6,9,12,14-15H2,1-2H3,(H,23,26)/t19-/m1/s1. The molecule has 0 spiro atoms. The first kappa shape index (κ1) is 18.2. The Balaban J connectivity index is 1.61. The summed E-state index contributed by atoms with van der Waals surface area (Å²) in [6.45, 7) is 5.24. The second kappa shape index (κ2) is 8.17. The minimum absolute atomic E-state index is 0.0101. The Hall–Kier alpha value is -2.62. The zero-order chi connectivity index (χ0) is 18.5. The normalized spacial score (nSPS) is 17.0. The van der Waals surface area contributed by atoms with Gasteiger partial charge in [0.25, 0.3) is 0 Å². The van der Waals surface area contributed by atoms with E-state index in [9.17, 15) is 9.59 Å². The molecule has 2 amide bonds. The van der Waals surface area contributed by atoms with Gasteiger partial charge >= 0.3 is 0 Å². The molecule has 1 saturated heterocycles. The van der Waals surface area contributed by atoms with Crippen LogP contribution in [0.25, 0.3) is 0 Å². The highest BCUT2D eigenvalue weighted by molar-refractivity contribution is 5.94. The summed E-state index contributed by atoms with van der Waals surface area (Å²) in [4.78, 5) is 27.1. The van der Waals surface area contributed by atoms with Crippen LogP contribution < -0.4 is 5.32 Å². The molecular weight excluding hydrogens is 324 g/mol. The van der Waals surface area contributed by atoms with E-state index in [2.05, 4.69) is 5.32 Å². The van der Waals surface area contributed by atoms with Gasteiger partial charge in [0.1, 0.15) is 0 Å². The van der Waals surface area contributed by atoms with E-state index in [-0.39, 0.29) is 17.7 Å². The Morgan fingerprint density at radius 1 is 1.12 bits per heavy atom. The molecule has 0 unspecified atom stereocenters. The number of amides is 2. The first-order valence-corrected chi connectivity index (χ1v) is 9.23. The Morgan fingerprint density at radius 2 is 1.88 bits per heavy atom. The number of anilines is 1. The van der Waals surface area contributed by atoms with Gasteiger partial charge in [0.15, 0.2) is 0 Å². The third kappa shape index (κ3) is 4.51. The lowest BCUT2D eigenvalue weighted by Gasteiger charge is -2.32. The van der Waals surface area contributed by atoms with E-state index < -0.39 is 0 Å². The number of nitrogens with zero attached hydrogens (tertiary/aromatic N) is 1. The summed E-state index contributed by atoms with van der Waals surface area (Å²) in [5, 5.41) is 3.05. The highest BCUT2D eigenvalue weighted by atomic mass is 16.2. The van der Waals surface area contributed by atoms with Crippen LogP contribution in [-0.4, -0.2) is 29.8 Å². The van der Waals surface area contributed by atoms with Gasteiger partial charge in [-0.1, -0.05) is 42.5 Å². The number of carbonyl (C=O) groups is 2. The number of piperidine rings is 1. The van der Waals surface area contributed by atoms with E-state index in [0.29, 0.717) is 13.0 Å². The van der Waals surface area contributed by atoms with Crippen molar-refractivity contribution in [2.75, 3.05) is 18.4 Å². The van der Waals surface area contributed by atoms with Gasteiger partial charge < -0.3 is 10.2 Å². The molecule has 0 radical (unpaired) electrons. The van der Waals surface area contributed by atoms with Gasteiger partial charge in [-0.25, -0.2) is 0 Å². The molecule has 4 nitrogen and oxygen atoms in total. The average Bonchev–Trinajstić information content (AvgIpc) is 2.65. The first-order chi connectivity index (χ1) is 12.5. The summed E-state index contributed by atoms with van der Waals surface area (Å²) in [6.07, 6.45) is 2.09. The van der Waals surface area contributed by atoms with Crippen LogP contribution in [0.3, 0.4) is 0 Å². The SMILES string of the molecule is Cc1ccc(C)c(NC(=O)[C@@H]2CCCN(C(=O)Cc3ccccc3)C2)c1. The van der Waals surface area contributed by atoms with Crippen LogP contribution in [0.2, 0.25) is 0 Å². The largest absolute Gasteiger partial charge is 0.342 e. The van der Waals surface area contributed by atoms with E-state index >= 15 is 0 Å². The summed E-state index contributed by atoms with van der Waals surface area (Å²) in [7, 11) is 0. The molecule has 136 valence electrons. The average molecular weight is 350 g/mol. The number of nitrogens with one attached hydrogen (secondary N) is 1. The quantitative estimate of drug-likeness (QED) is 0.913. The lowest BCUT2D eigenvalue weighted by molar-refractivity contribution is -0.133. The van der Waals surface area contributed by atoms with E-state index in [1.807, 2.05) is 67.3 Å². The lowest BCUT2D eigenvalue weighted by Crippen LogP contribution is -2.44. The molecule has 3 rings (SSSR count). The molecule has 2 aromatic carbocycles. The van der Waals surface area contributed by atoms with Crippen molar-refractivity contribution in [3.8, 4) is 0 Å². The number of hydrogen-bond donors (Lipinski definition) is 1. The van der Waals surface area contributed by atoms with E-state index in [4.69, 9.17) is 0 Å². The summed E-state index contributed by atoms with van der Waals surface area (Å²) < 4.78 is 0. The molecule has 1 aliphatic rings. The molecule has 4 heteroatoms. The van der Waals surface area contributed by atoms with Crippen molar-refractivity contribution in [2.45, 2.75) is 33.1 Å². The molecule has 0 aromatic heterocycles. The Labute approximate surface area is 155 Å². The summed E-state index contributed by atoms with van der Waals surface area (Å²) in [5.74, 6) is -0.0419. The van der Waals surface area contributed by atoms with Gasteiger partial charge in [0.05, 0.1) is 12.3 Å². The Morgan fingerprint density at radius 3 is 2.65 bits per heavy atom. The van der Waals surface area contributed by atoms with Crippen LogP contribution >= 0.6 is 0 Å². The minimum atomic E-state index is -0.150. The molecule has 1 aliphatic heterocycles. The molecule has 1 heterocycles. The van der Waals surface area contributed by atoms with Crippen LogP contribution in [0, 0.1) is 19.8 Å². The number of benzene rings is 2. The smallest absolute Gasteiger partial charge is 0.229 e. The number of carbonyl (C=O) groups excluding carboxylic acids is 2. The molecule has 1 N–H and O–H groups in total. The fourth-order valence-electron chi connectivity index (χ4n) is 3.41. The van der Waals surface area contributed by atoms with Gasteiger partial charge in [-0.2, -0.15) is 0 Å². The molecule has 0 aliphatic carbocycles. The van der Waals surface area contributed by atoms with Crippen LogP contribution in [0.15, 0.2) is 48.5 Å². The first-order valence-electron chi connectivity index (χ1n) is 9.23. The molecule has 26 heavy (non-hydrogen) atoms. The van der Waals surface area contributed by atoms with Crippen LogP contribution in [0.5, 0.6) is 0 Å². The molecule has 2 aromatic rings. The van der Waals surface area contributed by atoms with Crippen LogP contribution in [0.4, 0.5) is 5.69 Å². The van der Waals surface area contributed by atoms with Gasteiger partial charge in [0, 0.05) is 18.8 Å². The summed E-state index contributed by atoms with van der Waals surface area (Å²) in [5.41, 5.74) is 4.05. The van der Waals surface area contributed by atoms with Crippen molar-refractivity contribution in [3.05, 3.63) is 65.2 Å². The van der Waals surface area contributed by atoms with E-state index in [1.54, 1.807) is 0 Å². The zero-order valence-corrected chi connectivity index (χ0v) is 15.5. The van der Waals surface area contributed by atoms with Gasteiger partial charge in [-0.15, -0.1) is 0 Å². The number of likely N-dealkylation sites (tertiary alicyclic amines) is 1. The van der Waals surface area contributed by atoms with Gasteiger partial charge in [-0.05, 0) is 49.4 Å². The fourth-order valence-corrected chi connectivity index (χ4v) is 3.41. The van der Waals surface area contributed by atoms with Crippen molar-refractivity contribution in [2.24, 2.45) is 5.92 Å². The molecular formula is C22H26N2O2. The molecule has 0 bridgehead atoms. The second-order valence-electron chi connectivity index (χ2n) is 7.15. The molecule has 1 atom stereocenters. The minimum Gasteiger partial charge on any atom is -0.342 e. The third-order valence-corrected chi connectivity index (χ3v) is 4.99. The van der Waals surface area contributed by atoms with E-state index in [0.717, 1.165) is 41.8 Å². The number of rotatable bonds is 4. The van der Waals surface area contributed by atoms with Crippen LogP contribution in [-0.2, 0) is 16.0 Å². The van der Waals surface area contributed by atoms with Crippen molar-refractivity contribution in [1.29, 1.82) is 0 Å². The maximum atomic E-state index is 12.7. The van der Waals surface area contributed by atoms with Crippen molar-refractivity contribution in [3.63, 3.8) is 0 Å². The lowest BCUT2D eigenvalue weighted by atomic mass is 9.96. The molecule has 0 saturated carbocycles.